The van der Waals surface area contributed by atoms with Gasteiger partial charge in [0.05, 0.1) is 5.71 Å². The van der Waals surface area contributed by atoms with Crippen molar-refractivity contribution in [1.82, 2.24) is 9.97 Å². The second-order valence-electron chi connectivity index (χ2n) is 5.75. The van der Waals surface area contributed by atoms with Gasteiger partial charge in [0.15, 0.2) is 0 Å². The van der Waals surface area contributed by atoms with Crippen LogP contribution in [0.25, 0.3) is 0 Å². The smallest absolute Gasteiger partial charge is 0.243 e. The molecule has 0 aliphatic rings. The predicted molar refractivity (Wildman–Crippen MR) is 97.0 cm³/mol. The minimum absolute atomic E-state index is 0.562. The third kappa shape index (κ3) is 4.88. The minimum Gasteiger partial charge on any atom is -0.245 e. The first-order valence-electron chi connectivity index (χ1n) is 8.37. The van der Waals surface area contributed by atoms with Crippen LogP contribution < -0.4 is 5.43 Å². The molecule has 4 heteroatoms. The lowest BCUT2D eigenvalue weighted by Gasteiger charge is -2.09. The third-order valence-corrected chi connectivity index (χ3v) is 3.80. The Hall–Kier alpha value is -2.23. The van der Waals surface area contributed by atoms with Gasteiger partial charge in [0.1, 0.15) is 0 Å². The molecule has 23 heavy (non-hydrogen) atoms. The zero-order valence-corrected chi connectivity index (χ0v) is 14.6. The highest BCUT2D eigenvalue weighted by molar-refractivity contribution is 6.00. The van der Waals surface area contributed by atoms with E-state index in [1.807, 2.05) is 19.9 Å². The summed E-state index contributed by atoms with van der Waals surface area (Å²) in [4.78, 5) is 8.85. The number of nitrogens with one attached hydrogen (secondary N) is 1. The van der Waals surface area contributed by atoms with Gasteiger partial charge in [0, 0.05) is 17.0 Å². The van der Waals surface area contributed by atoms with Gasteiger partial charge in [-0.2, -0.15) is 5.10 Å². The van der Waals surface area contributed by atoms with Crippen LogP contribution in [0.15, 0.2) is 35.4 Å². The molecule has 0 aliphatic carbocycles. The van der Waals surface area contributed by atoms with E-state index in [0.717, 1.165) is 29.9 Å². The van der Waals surface area contributed by atoms with Crippen LogP contribution in [0.1, 0.15) is 56.1 Å². The zero-order chi connectivity index (χ0) is 16.7. The quantitative estimate of drug-likeness (QED) is 0.604. The van der Waals surface area contributed by atoms with Crippen molar-refractivity contribution in [2.75, 3.05) is 5.43 Å². The first-order valence-corrected chi connectivity index (χ1v) is 8.37. The lowest BCUT2D eigenvalue weighted by molar-refractivity contribution is 0.794. The van der Waals surface area contributed by atoms with Crippen LogP contribution in [0, 0.1) is 6.92 Å². The number of aryl methyl sites for hydroxylation is 3. The Labute approximate surface area is 139 Å². The number of aromatic nitrogens is 2. The Bertz CT molecular complexity index is 677. The van der Waals surface area contributed by atoms with E-state index < -0.39 is 0 Å². The van der Waals surface area contributed by atoms with Crippen molar-refractivity contribution in [1.29, 1.82) is 0 Å². The fourth-order valence-electron chi connectivity index (χ4n) is 2.52. The van der Waals surface area contributed by atoms with Crippen molar-refractivity contribution in [3.63, 3.8) is 0 Å². The van der Waals surface area contributed by atoms with E-state index in [2.05, 4.69) is 58.6 Å². The lowest BCUT2D eigenvalue weighted by atomic mass is 9.99. The van der Waals surface area contributed by atoms with Crippen molar-refractivity contribution < 1.29 is 0 Å². The van der Waals surface area contributed by atoms with E-state index in [0.29, 0.717) is 5.95 Å². The first kappa shape index (κ1) is 17.1. The van der Waals surface area contributed by atoms with Crippen molar-refractivity contribution >= 4 is 11.7 Å². The summed E-state index contributed by atoms with van der Waals surface area (Å²) in [5, 5.41) is 4.49. The summed E-state index contributed by atoms with van der Waals surface area (Å²) in [5.41, 5.74) is 8.48. The number of anilines is 1. The van der Waals surface area contributed by atoms with Crippen LogP contribution in [0.3, 0.4) is 0 Å². The topological polar surface area (TPSA) is 50.2 Å². The van der Waals surface area contributed by atoms with Gasteiger partial charge in [-0.15, -0.1) is 0 Å². The molecule has 1 aromatic heterocycles. The Morgan fingerprint density at radius 1 is 1.17 bits per heavy atom. The monoisotopic (exact) mass is 310 g/mol. The Morgan fingerprint density at radius 3 is 2.70 bits per heavy atom. The second-order valence-corrected chi connectivity index (χ2v) is 5.75. The molecule has 0 spiro atoms. The molecule has 0 amide bonds. The molecule has 0 saturated carbocycles. The van der Waals surface area contributed by atoms with Gasteiger partial charge >= 0.3 is 0 Å². The number of rotatable bonds is 7. The highest BCUT2D eigenvalue weighted by atomic mass is 15.4. The number of nitrogens with zero attached hydrogens (tertiary/aromatic N) is 3. The maximum Gasteiger partial charge on any atom is 0.243 e. The fraction of sp³-hybridized carbons (Fsp3) is 0.421. The summed E-state index contributed by atoms with van der Waals surface area (Å²) in [5.74, 6) is 0.562. The molecule has 0 unspecified atom stereocenters. The molecule has 2 aromatic rings. The van der Waals surface area contributed by atoms with Crippen LogP contribution in [-0.4, -0.2) is 15.7 Å². The Kier molecular flexibility index (Phi) is 6.27. The van der Waals surface area contributed by atoms with Crippen LogP contribution in [0.2, 0.25) is 0 Å². The molecular formula is C19H26N4. The molecule has 0 bridgehead atoms. The minimum atomic E-state index is 0.562. The van der Waals surface area contributed by atoms with Gasteiger partial charge in [-0.1, -0.05) is 44.5 Å². The third-order valence-electron chi connectivity index (χ3n) is 3.80. The maximum absolute atomic E-state index is 4.49. The fourth-order valence-corrected chi connectivity index (χ4v) is 2.52. The molecule has 1 heterocycles. The number of hydrazone groups is 1. The second kappa shape index (κ2) is 8.42. The van der Waals surface area contributed by atoms with E-state index in [-0.39, 0.29) is 0 Å². The van der Waals surface area contributed by atoms with Crippen LogP contribution in [0.4, 0.5) is 5.95 Å². The van der Waals surface area contributed by atoms with Crippen LogP contribution >= 0.6 is 0 Å². The molecule has 4 nitrogen and oxygen atoms in total. The normalized spacial score (nSPS) is 11.6. The lowest BCUT2D eigenvalue weighted by Crippen LogP contribution is -2.06. The molecule has 0 radical (unpaired) electrons. The average Bonchev–Trinajstić information content (AvgIpc) is 2.57. The van der Waals surface area contributed by atoms with E-state index in [1.165, 1.54) is 24.0 Å². The highest BCUT2D eigenvalue weighted by Gasteiger charge is 2.05. The summed E-state index contributed by atoms with van der Waals surface area (Å²) in [6.45, 7) is 8.30. The number of hydrogen-bond acceptors (Lipinski definition) is 4. The molecule has 0 saturated heterocycles. The van der Waals surface area contributed by atoms with E-state index in [4.69, 9.17) is 0 Å². The van der Waals surface area contributed by atoms with Gasteiger partial charge < -0.3 is 0 Å². The van der Waals surface area contributed by atoms with E-state index in [1.54, 1.807) is 0 Å². The number of unbranched alkanes of at least 4 members (excludes halogenated alkanes) is 1. The van der Waals surface area contributed by atoms with Gasteiger partial charge in [0.25, 0.3) is 0 Å². The molecule has 0 aliphatic heterocycles. The molecule has 0 fully saturated rings. The zero-order valence-electron chi connectivity index (χ0n) is 14.6. The Morgan fingerprint density at radius 2 is 1.96 bits per heavy atom. The summed E-state index contributed by atoms with van der Waals surface area (Å²) in [6.07, 6.45) is 4.36. The largest absolute Gasteiger partial charge is 0.245 e. The van der Waals surface area contributed by atoms with Crippen LogP contribution in [-0.2, 0) is 12.8 Å². The molecular weight excluding hydrogens is 284 g/mol. The van der Waals surface area contributed by atoms with E-state index in [9.17, 15) is 0 Å². The summed E-state index contributed by atoms with van der Waals surface area (Å²) >= 11 is 0. The van der Waals surface area contributed by atoms with Crippen molar-refractivity contribution in [3.8, 4) is 0 Å². The first-order chi connectivity index (χ1) is 11.1. The average molecular weight is 310 g/mol. The summed E-state index contributed by atoms with van der Waals surface area (Å²) < 4.78 is 0. The number of hydrogen-bond donors (Lipinski definition) is 1. The van der Waals surface area contributed by atoms with Crippen molar-refractivity contribution in [3.05, 3.63) is 52.8 Å². The van der Waals surface area contributed by atoms with E-state index >= 15 is 0 Å². The molecule has 1 aromatic carbocycles. The Balaban J connectivity index is 2.18. The predicted octanol–water partition coefficient (Wildman–Crippen LogP) is 4.53. The maximum atomic E-state index is 4.49. The van der Waals surface area contributed by atoms with Gasteiger partial charge in [-0.25, -0.2) is 15.4 Å². The van der Waals surface area contributed by atoms with Gasteiger partial charge in [-0.05, 0) is 44.7 Å². The molecule has 122 valence electrons. The molecule has 0 atom stereocenters. The van der Waals surface area contributed by atoms with Crippen molar-refractivity contribution in [2.24, 2.45) is 5.10 Å². The van der Waals surface area contributed by atoms with Gasteiger partial charge in [0.2, 0.25) is 5.95 Å². The van der Waals surface area contributed by atoms with Crippen molar-refractivity contribution in [2.45, 2.75) is 53.4 Å². The van der Waals surface area contributed by atoms with Gasteiger partial charge in [-0.3, -0.25) is 0 Å². The summed E-state index contributed by atoms with van der Waals surface area (Å²) in [7, 11) is 0. The highest BCUT2D eigenvalue weighted by Crippen LogP contribution is 2.14. The summed E-state index contributed by atoms with van der Waals surface area (Å²) in [6, 6.07) is 10.5. The molecule has 1 N–H and O–H groups in total. The van der Waals surface area contributed by atoms with Crippen LogP contribution in [0.5, 0.6) is 0 Å². The SMILES string of the molecule is CCCCc1ccccc1C(C)=NNc1nc(C)cc(CC)n1. The number of benzene rings is 1. The standard InChI is InChI=1S/C19H26N4/c1-5-7-10-16-11-8-9-12-18(16)15(4)22-23-19-20-14(3)13-17(6-2)21-19/h8-9,11-13H,5-7,10H2,1-4H3,(H,20,21,23). The molecule has 2 rings (SSSR count).